The van der Waals surface area contributed by atoms with E-state index in [0.29, 0.717) is 48.0 Å². The van der Waals surface area contributed by atoms with Crippen LogP contribution in [-0.4, -0.2) is 42.7 Å². The van der Waals surface area contributed by atoms with E-state index in [9.17, 15) is 9.59 Å². The van der Waals surface area contributed by atoms with E-state index in [4.69, 9.17) is 21.4 Å². The number of nitrogens with zero attached hydrogens (tertiary/aromatic N) is 2. The number of amides is 2. The van der Waals surface area contributed by atoms with E-state index in [-0.39, 0.29) is 0 Å². The highest BCUT2D eigenvalue weighted by Gasteiger charge is 2.19. The Morgan fingerprint density at radius 3 is 2.95 bits per heavy atom. The summed E-state index contributed by atoms with van der Waals surface area (Å²) >= 11 is 6.18. The molecular weight excluding hydrogens is 296 g/mol. The fraction of sp³-hybridized carbons (Fsp3) is 0.286. The van der Waals surface area contributed by atoms with Crippen molar-refractivity contribution in [2.45, 2.75) is 6.42 Å². The first-order valence-electron chi connectivity index (χ1n) is 6.35. The van der Waals surface area contributed by atoms with Crippen LogP contribution in [0.2, 0.25) is 5.02 Å². The maximum Gasteiger partial charge on any atom is 0.411 e. The highest BCUT2D eigenvalue weighted by atomic mass is 35.5. The summed E-state index contributed by atoms with van der Waals surface area (Å²) < 4.78 is 5.35. The van der Waals surface area contributed by atoms with Crippen molar-refractivity contribution in [3.05, 3.63) is 35.0 Å². The highest BCUT2D eigenvalue weighted by molar-refractivity contribution is 6.32. The Balaban J connectivity index is 2.46. The monoisotopic (exact) mass is 310 g/mol. The molecule has 0 atom stereocenters. The lowest BCUT2D eigenvalue weighted by Crippen LogP contribution is -2.24. The molecule has 0 bridgehead atoms. The van der Waals surface area contributed by atoms with Crippen molar-refractivity contribution in [3.63, 3.8) is 0 Å². The van der Waals surface area contributed by atoms with E-state index in [1.807, 2.05) is 0 Å². The van der Waals surface area contributed by atoms with Crippen LogP contribution < -0.4 is 4.90 Å². The Kier molecular flexibility index (Phi) is 4.70. The highest BCUT2D eigenvalue weighted by Crippen LogP contribution is 2.31. The van der Waals surface area contributed by atoms with Gasteiger partial charge in [-0.3, -0.25) is 9.69 Å². The Bertz CT molecular complexity index is 588. The number of halogens is 1. The van der Waals surface area contributed by atoms with E-state index in [0.717, 1.165) is 4.90 Å². The van der Waals surface area contributed by atoms with Gasteiger partial charge in [0.1, 0.15) is 6.26 Å². The second-order valence-corrected chi connectivity index (χ2v) is 4.94. The van der Waals surface area contributed by atoms with Gasteiger partial charge in [0.25, 0.3) is 0 Å². The summed E-state index contributed by atoms with van der Waals surface area (Å²) in [7, 11) is 1.44. The number of carboxylic acid groups (broad SMARTS) is 1. The van der Waals surface area contributed by atoms with Gasteiger partial charge in [-0.2, -0.15) is 0 Å². The van der Waals surface area contributed by atoms with E-state index in [1.165, 1.54) is 18.2 Å². The van der Waals surface area contributed by atoms with Crippen LogP contribution >= 0.6 is 11.6 Å². The molecule has 0 spiro atoms. The van der Waals surface area contributed by atoms with Gasteiger partial charge < -0.3 is 14.7 Å². The van der Waals surface area contributed by atoms with Crippen molar-refractivity contribution in [1.29, 1.82) is 0 Å². The molecule has 2 amide bonds. The second-order valence-electron chi connectivity index (χ2n) is 4.53. The number of hydrogen-bond acceptors (Lipinski definition) is 3. The van der Waals surface area contributed by atoms with Crippen molar-refractivity contribution in [2.75, 3.05) is 25.1 Å². The first-order valence-corrected chi connectivity index (χ1v) is 6.72. The number of rotatable bonds is 3. The average molecular weight is 311 g/mol. The second kappa shape index (κ2) is 6.49. The average Bonchev–Trinajstić information content (AvgIpc) is 2.72. The van der Waals surface area contributed by atoms with Crippen LogP contribution in [0.1, 0.15) is 12.0 Å². The van der Waals surface area contributed by atoms with Crippen LogP contribution in [0.5, 0.6) is 0 Å². The maximum atomic E-state index is 11.2. The zero-order chi connectivity index (χ0) is 15.4. The minimum Gasteiger partial charge on any atom is -0.499 e. The van der Waals surface area contributed by atoms with Gasteiger partial charge in [-0.05, 0) is 24.6 Å². The normalized spacial score (nSPS) is 14.8. The predicted molar refractivity (Wildman–Crippen MR) is 79.2 cm³/mol. The number of ether oxygens (including phenoxy) is 1. The molecular formula is C14H15ClN2O4. The Morgan fingerprint density at radius 2 is 2.29 bits per heavy atom. The van der Waals surface area contributed by atoms with E-state index < -0.39 is 6.09 Å². The van der Waals surface area contributed by atoms with Gasteiger partial charge in [0, 0.05) is 24.8 Å². The lowest BCUT2D eigenvalue weighted by atomic mass is 10.1. The third kappa shape index (κ3) is 3.28. The molecule has 21 heavy (non-hydrogen) atoms. The summed E-state index contributed by atoms with van der Waals surface area (Å²) in [6.07, 6.45) is 1.82. The van der Waals surface area contributed by atoms with Gasteiger partial charge in [0.05, 0.1) is 17.3 Å². The van der Waals surface area contributed by atoms with E-state index in [1.54, 1.807) is 18.2 Å². The van der Waals surface area contributed by atoms with E-state index in [2.05, 4.69) is 0 Å². The summed E-state index contributed by atoms with van der Waals surface area (Å²) in [5, 5.41) is 9.45. The molecule has 1 N–H and O–H groups in total. The number of anilines is 1. The molecule has 6 nitrogen and oxygen atoms in total. The molecule has 0 saturated carbocycles. The Hall–Kier alpha value is -2.21. The van der Waals surface area contributed by atoms with Crippen molar-refractivity contribution in [2.24, 2.45) is 0 Å². The van der Waals surface area contributed by atoms with Crippen molar-refractivity contribution < 1.29 is 19.4 Å². The van der Waals surface area contributed by atoms with Crippen LogP contribution in [0.15, 0.2) is 24.5 Å². The molecule has 112 valence electrons. The molecule has 1 heterocycles. The van der Waals surface area contributed by atoms with Crippen molar-refractivity contribution in [1.82, 2.24) is 4.90 Å². The van der Waals surface area contributed by atoms with Crippen LogP contribution in [0, 0.1) is 0 Å². The summed E-state index contributed by atoms with van der Waals surface area (Å²) in [5.41, 5.74) is 1.53. The van der Waals surface area contributed by atoms with Crippen LogP contribution in [0.3, 0.4) is 0 Å². The number of carbonyl (C=O) groups is 2. The molecule has 1 aromatic carbocycles. The molecule has 1 aliphatic rings. The first-order chi connectivity index (χ1) is 10.0. The predicted octanol–water partition coefficient (Wildman–Crippen LogP) is 2.63. The minimum atomic E-state index is -1.08. The number of benzene rings is 1. The minimum absolute atomic E-state index is 0.418. The molecule has 0 unspecified atom stereocenters. The van der Waals surface area contributed by atoms with Gasteiger partial charge in [-0.25, -0.2) is 4.79 Å². The van der Waals surface area contributed by atoms with Crippen molar-refractivity contribution in [3.8, 4) is 0 Å². The lowest BCUT2D eigenvalue weighted by molar-refractivity contribution is -0.115. The summed E-state index contributed by atoms with van der Waals surface area (Å²) in [5.74, 6) is 0. The topological polar surface area (TPSA) is 70.1 Å². The SMILES string of the molecule is CN(C(=O)O)c1ccc(Cl)c(C2=COCCCN2C=O)c1. The van der Waals surface area contributed by atoms with Gasteiger partial charge >= 0.3 is 6.09 Å². The fourth-order valence-corrected chi connectivity index (χ4v) is 2.21. The Morgan fingerprint density at radius 1 is 1.52 bits per heavy atom. The molecule has 0 radical (unpaired) electrons. The molecule has 1 aromatic rings. The van der Waals surface area contributed by atoms with Gasteiger partial charge in [0.2, 0.25) is 6.41 Å². The van der Waals surface area contributed by atoms with Gasteiger partial charge in [-0.1, -0.05) is 11.6 Å². The molecule has 0 fully saturated rings. The summed E-state index contributed by atoms with van der Waals surface area (Å²) in [6.45, 7) is 1.03. The third-order valence-corrected chi connectivity index (χ3v) is 3.52. The van der Waals surface area contributed by atoms with Crippen LogP contribution in [0.4, 0.5) is 10.5 Å². The molecule has 0 aliphatic carbocycles. The van der Waals surface area contributed by atoms with Crippen LogP contribution in [-0.2, 0) is 9.53 Å². The van der Waals surface area contributed by atoms with Gasteiger partial charge in [-0.15, -0.1) is 0 Å². The maximum absolute atomic E-state index is 11.2. The Labute approximate surface area is 127 Å². The van der Waals surface area contributed by atoms with E-state index >= 15 is 0 Å². The summed E-state index contributed by atoms with van der Waals surface area (Å²) in [6, 6.07) is 4.82. The number of hydrogen-bond donors (Lipinski definition) is 1. The van der Waals surface area contributed by atoms with Gasteiger partial charge in [0.15, 0.2) is 0 Å². The molecule has 2 rings (SSSR count). The first kappa shape index (κ1) is 15.2. The molecule has 0 aromatic heterocycles. The largest absolute Gasteiger partial charge is 0.499 e. The molecule has 7 heteroatoms. The molecule has 0 saturated heterocycles. The summed E-state index contributed by atoms with van der Waals surface area (Å²) in [4.78, 5) is 24.8. The fourth-order valence-electron chi connectivity index (χ4n) is 2.00. The zero-order valence-electron chi connectivity index (χ0n) is 11.5. The quantitative estimate of drug-likeness (QED) is 0.871. The lowest BCUT2D eigenvalue weighted by Gasteiger charge is -2.21. The third-order valence-electron chi connectivity index (χ3n) is 3.19. The smallest absolute Gasteiger partial charge is 0.411 e. The standard InChI is InChI=1S/C14H15ClN2O4/c1-16(14(19)20)10-3-4-12(15)11(7-10)13-8-21-6-2-5-17(13)9-18/h3-4,7-9H,2,5-6H2,1H3,(H,19,20). The van der Waals surface area contributed by atoms with Crippen LogP contribution in [0.25, 0.3) is 5.70 Å². The molecule has 1 aliphatic heterocycles. The zero-order valence-corrected chi connectivity index (χ0v) is 12.2. The van der Waals surface area contributed by atoms with Crippen molar-refractivity contribution >= 4 is 35.5 Å². The number of carbonyl (C=O) groups excluding carboxylic acids is 1.